The van der Waals surface area contributed by atoms with Crippen LogP contribution in [-0.4, -0.2) is 30.6 Å². The minimum Gasteiger partial charge on any atom is -0.496 e. The number of carboxylic acid groups (broad SMARTS) is 1. The Morgan fingerprint density at radius 1 is 1.17 bits per heavy atom. The molecule has 0 aliphatic heterocycles. The molecule has 0 aromatic heterocycles. The largest absolute Gasteiger partial charge is 0.496 e. The lowest BCUT2D eigenvalue weighted by Crippen LogP contribution is -2.15. The van der Waals surface area contributed by atoms with Crippen LogP contribution in [0.2, 0.25) is 0 Å². The molecule has 0 atom stereocenters. The van der Waals surface area contributed by atoms with Crippen LogP contribution in [-0.2, 0) is 19.1 Å². The molecule has 1 aromatic rings. The zero-order chi connectivity index (χ0) is 16.7. The maximum atomic E-state index is 11.8. The minimum absolute atomic E-state index is 0.0208. The van der Waals surface area contributed by atoms with Gasteiger partial charge in [-0.2, -0.15) is 0 Å². The van der Waals surface area contributed by atoms with Gasteiger partial charge in [0.05, 0.1) is 7.11 Å². The Bertz CT molecular complexity index is 708. The highest BCUT2D eigenvalue weighted by Crippen LogP contribution is 2.22. The average Bonchev–Trinajstić information content (AvgIpc) is 2.55. The first-order valence-corrected chi connectivity index (χ1v) is 6.90. The van der Waals surface area contributed by atoms with Crippen LogP contribution in [0.3, 0.4) is 0 Å². The molecule has 0 bridgehead atoms. The molecule has 1 aromatic carbocycles. The number of hydrogen-bond donors (Lipinski definition) is 1. The van der Waals surface area contributed by atoms with E-state index in [9.17, 15) is 9.59 Å². The van der Waals surface area contributed by atoms with Gasteiger partial charge in [0.1, 0.15) is 5.76 Å². The summed E-state index contributed by atoms with van der Waals surface area (Å²) in [6, 6.07) is 9.73. The molecule has 0 radical (unpaired) electrons. The molecule has 1 aliphatic carbocycles. The van der Waals surface area contributed by atoms with Crippen molar-refractivity contribution in [3.8, 4) is 0 Å². The highest BCUT2D eigenvalue weighted by atomic mass is 16.5. The number of carboxylic acids is 1. The van der Waals surface area contributed by atoms with Gasteiger partial charge in [0.2, 0.25) is 5.78 Å². The highest BCUT2D eigenvalue weighted by Gasteiger charge is 2.19. The number of hydrogen-bond acceptors (Lipinski definition) is 4. The van der Waals surface area contributed by atoms with Gasteiger partial charge in [-0.3, -0.25) is 4.79 Å². The highest BCUT2D eigenvalue weighted by molar-refractivity contribution is 6.05. The molecule has 23 heavy (non-hydrogen) atoms. The third-order valence-corrected chi connectivity index (χ3v) is 3.01. The second kappa shape index (κ2) is 7.79. The van der Waals surface area contributed by atoms with Crippen molar-refractivity contribution in [2.75, 3.05) is 13.7 Å². The second-order valence-corrected chi connectivity index (χ2v) is 4.66. The van der Waals surface area contributed by atoms with Gasteiger partial charge in [-0.15, -0.1) is 0 Å². The first-order valence-electron chi connectivity index (χ1n) is 6.90. The molecular weight excluding hydrogens is 296 g/mol. The van der Waals surface area contributed by atoms with Crippen molar-refractivity contribution >= 4 is 17.8 Å². The van der Waals surface area contributed by atoms with Gasteiger partial charge < -0.3 is 14.6 Å². The summed E-state index contributed by atoms with van der Waals surface area (Å²) >= 11 is 0. The van der Waals surface area contributed by atoms with E-state index in [0.29, 0.717) is 11.3 Å². The summed E-state index contributed by atoms with van der Waals surface area (Å²) in [5.74, 6) is -1.19. The van der Waals surface area contributed by atoms with Crippen molar-refractivity contribution in [2.24, 2.45) is 0 Å². The second-order valence-electron chi connectivity index (χ2n) is 4.66. The summed E-state index contributed by atoms with van der Waals surface area (Å²) in [7, 11) is 1.46. The van der Waals surface area contributed by atoms with Crippen molar-refractivity contribution in [3.05, 3.63) is 77.3 Å². The summed E-state index contributed by atoms with van der Waals surface area (Å²) in [6.07, 6.45) is 8.23. The molecule has 0 saturated carbocycles. The molecular formula is C18H16O5. The number of carbonyl (C=O) groups is 2. The SMILES string of the molecule is COC1=CC(=O)C(OCC(=O)O)=C/C1=C/C=C/c1ccccc1. The fourth-order valence-corrected chi connectivity index (χ4v) is 1.94. The molecule has 0 spiro atoms. The van der Waals surface area contributed by atoms with E-state index >= 15 is 0 Å². The monoisotopic (exact) mass is 312 g/mol. The lowest BCUT2D eigenvalue weighted by atomic mass is 10.0. The zero-order valence-corrected chi connectivity index (χ0v) is 12.6. The molecule has 0 amide bonds. The summed E-state index contributed by atoms with van der Waals surface area (Å²) in [4.78, 5) is 22.4. The van der Waals surface area contributed by atoms with E-state index in [4.69, 9.17) is 14.6 Å². The number of carbonyl (C=O) groups excluding carboxylic acids is 1. The molecule has 0 saturated heterocycles. The van der Waals surface area contributed by atoms with Gasteiger partial charge in [-0.25, -0.2) is 4.79 Å². The third kappa shape index (κ3) is 4.71. The van der Waals surface area contributed by atoms with Crippen molar-refractivity contribution < 1.29 is 24.2 Å². The van der Waals surface area contributed by atoms with Crippen LogP contribution < -0.4 is 0 Å². The van der Waals surface area contributed by atoms with Crippen LogP contribution in [0.4, 0.5) is 0 Å². The van der Waals surface area contributed by atoms with Gasteiger partial charge in [-0.1, -0.05) is 48.6 Å². The maximum Gasteiger partial charge on any atom is 0.341 e. The summed E-state index contributed by atoms with van der Waals surface area (Å²) in [6.45, 7) is -0.569. The zero-order valence-electron chi connectivity index (χ0n) is 12.6. The van der Waals surface area contributed by atoms with Crippen molar-refractivity contribution in [1.82, 2.24) is 0 Å². The van der Waals surface area contributed by atoms with Crippen LogP contribution in [0.15, 0.2) is 71.7 Å². The topological polar surface area (TPSA) is 72.8 Å². The van der Waals surface area contributed by atoms with Crippen molar-refractivity contribution in [2.45, 2.75) is 0 Å². The minimum atomic E-state index is -1.14. The summed E-state index contributed by atoms with van der Waals surface area (Å²) in [5.41, 5.74) is 1.66. The van der Waals surface area contributed by atoms with Gasteiger partial charge in [-0.05, 0) is 11.6 Å². The fraction of sp³-hybridized carbons (Fsp3) is 0.111. The maximum absolute atomic E-state index is 11.8. The van der Waals surface area contributed by atoms with Crippen LogP contribution >= 0.6 is 0 Å². The Morgan fingerprint density at radius 3 is 2.57 bits per heavy atom. The van der Waals surface area contributed by atoms with Crippen molar-refractivity contribution in [3.63, 3.8) is 0 Å². The fourth-order valence-electron chi connectivity index (χ4n) is 1.94. The van der Waals surface area contributed by atoms with Crippen LogP contribution in [0.1, 0.15) is 5.56 Å². The molecule has 0 heterocycles. The molecule has 0 unspecified atom stereocenters. The predicted molar refractivity (Wildman–Crippen MR) is 85.3 cm³/mol. The van der Waals surface area contributed by atoms with Crippen LogP contribution in [0.25, 0.3) is 6.08 Å². The van der Waals surface area contributed by atoms with E-state index in [1.54, 1.807) is 6.08 Å². The van der Waals surface area contributed by atoms with E-state index in [1.165, 1.54) is 19.3 Å². The van der Waals surface area contributed by atoms with E-state index in [0.717, 1.165) is 5.56 Å². The van der Waals surface area contributed by atoms with Crippen LogP contribution in [0.5, 0.6) is 0 Å². The van der Waals surface area contributed by atoms with Gasteiger partial charge in [0, 0.05) is 11.6 Å². The van der Waals surface area contributed by atoms with Gasteiger partial charge in [0.15, 0.2) is 12.4 Å². The quantitative estimate of drug-likeness (QED) is 0.874. The first-order chi connectivity index (χ1) is 11.1. The standard InChI is InChI=1S/C18H16O5/c1-22-16-11-15(19)17(23-12-18(20)21)10-14(16)9-5-8-13-6-3-2-4-7-13/h2-11H,12H2,1H3,(H,20,21)/b8-5+,14-9-. The molecule has 2 rings (SSSR count). The lowest BCUT2D eigenvalue weighted by molar-refractivity contribution is -0.141. The Labute approximate surface area is 133 Å². The molecule has 5 nitrogen and oxygen atoms in total. The molecule has 1 N–H and O–H groups in total. The molecule has 1 aliphatic rings. The van der Waals surface area contributed by atoms with E-state index < -0.39 is 18.4 Å². The smallest absolute Gasteiger partial charge is 0.341 e. The predicted octanol–water partition coefficient (Wildman–Crippen LogP) is 2.72. The molecule has 5 heteroatoms. The number of allylic oxidation sites excluding steroid dienone is 4. The Morgan fingerprint density at radius 2 is 1.91 bits per heavy atom. The number of aliphatic carboxylic acids is 1. The lowest BCUT2D eigenvalue weighted by Gasteiger charge is -2.14. The summed E-state index contributed by atoms with van der Waals surface area (Å²) in [5, 5.41) is 8.63. The third-order valence-electron chi connectivity index (χ3n) is 3.01. The molecule has 118 valence electrons. The van der Waals surface area contributed by atoms with Crippen LogP contribution in [0, 0.1) is 0 Å². The number of benzene rings is 1. The Balaban J connectivity index is 2.20. The van der Waals surface area contributed by atoms with Gasteiger partial charge in [0.25, 0.3) is 0 Å². The van der Waals surface area contributed by atoms with E-state index in [-0.39, 0.29) is 5.76 Å². The van der Waals surface area contributed by atoms with Crippen molar-refractivity contribution in [1.29, 1.82) is 0 Å². The number of rotatable bonds is 6. The number of ether oxygens (including phenoxy) is 2. The summed E-state index contributed by atoms with van der Waals surface area (Å²) < 4.78 is 10.2. The Hall–Kier alpha value is -3.08. The number of ketones is 1. The van der Waals surface area contributed by atoms with E-state index in [1.807, 2.05) is 42.5 Å². The van der Waals surface area contributed by atoms with E-state index in [2.05, 4.69) is 0 Å². The normalized spacial score (nSPS) is 16.2. The number of methoxy groups -OCH3 is 1. The molecule has 0 fully saturated rings. The Kier molecular flexibility index (Phi) is 5.52. The first kappa shape index (κ1) is 16.3. The van der Waals surface area contributed by atoms with Gasteiger partial charge >= 0.3 is 5.97 Å². The average molecular weight is 312 g/mol.